The fourth-order valence-electron chi connectivity index (χ4n) is 14.6. The zero-order chi connectivity index (χ0) is 42.3. The number of cyclic esters (lactones) is 2. The van der Waals surface area contributed by atoms with E-state index in [9.17, 15) is 24.0 Å². The minimum atomic E-state index is -0.804. The van der Waals surface area contributed by atoms with E-state index in [1.165, 1.54) is 12.8 Å². The van der Waals surface area contributed by atoms with Crippen LogP contribution >= 0.6 is 0 Å². The van der Waals surface area contributed by atoms with Crippen LogP contribution in [0.15, 0.2) is 0 Å². The number of hydrogen-bond acceptors (Lipinski definition) is 10. The highest BCUT2D eigenvalue weighted by atomic mass is 16.6. The number of hydrogen-bond donors (Lipinski definition) is 0. The molecule has 2 heterocycles. The predicted molar refractivity (Wildman–Crippen MR) is 219 cm³/mol. The first-order valence-corrected chi connectivity index (χ1v) is 23.7. The van der Waals surface area contributed by atoms with Gasteiger partial charge in [0.05, 0.1) is 35.7 Å². The first kappa shape index (κ1) is 43.2. The normalized spacial score (nSPS) is 42.1. The Kier molecular flexibility index (Phi) is 11.7. The van der Waals surface area contributed by atoms with Gasteiger partial charge in [-0.05, 0) is 203 Å². The summed E-state index contributed by atoms with van der Waals surface area (Å²) in [5.74, 6) is 3.11. The van der Waals surface area contributed by atoms with Crippen LogP contribution < -0.4 is 0 Å². The third-order valence-electron chi connectivity index (χ3n) is 17.2. The lowest BCUT2D eigenvalue weighted by Crippen LogP contribution is -2.40. The van der Waals surface area contributed by atoms with Crippen molar-refractivity contribution in [3.63, 3.8) is 0 Å². The average Bonchev–Trinajstić information content (AvgIpc) is 3.75. The van der Waals surface area contributed by atoms with Crippen LogP contribution in [-0.2, 0) is 47.7 Å². The Balaban J connectivity index is 1.01. The molecule has 0 aromatic rings. The van der Waals surface area contributed by atoms with Crippen molar-refractivity contribution in [2.75, 3.05) is 13.2 Å². The smallest absolute Gasteiger partial charge is 0.317 e. The van der Waals surface area contributed by atoms with Gasteiger partial charge in [-0.15, -0.1) is 0 Å². The summed E-state index contributed by atoms with van der Waals surface area (Å²) in [5, 5.41) is 0. The molecule has 0 amide bonds. The molecular weight excluding hydrogens is 749 g/mol. The van der Waals surface area contributed by atoms with E-state index < -0.39 is 40.4 Å². The molecule has 0 radical (unpaired) electrons. The molecule has 8 aliphatic rings. The second-order valence-electron chi connectivity index (χ2n) is 23.4. The van der Waals surface area contributed by atoms with Crippen molar-refractivity contribution in [3.8, 4) is 0 Å². The fourth-order valence-corrected chi connectivity index (χ4v) is 14.6. The highest BCUT2D eigenvalue weighted by molar-refractivity contribution is 5.96. The van der Waals surface area contributed by atoms with Crippen LogP contribution in [0, 0.1) is 100 Å². The summed E-state index contributed by atoms with van der Waals surface area (Å²) in [7, 11) is 0. The molecule has 0 spiro atoms. The van der Waals surface area contributed by atoms with E-state index in [1.54, 1.807) is 0 Å². The number of epoxide rings is 1. The summed E-state index contributed by atoms with van der Waals surface area (Å²) in [6.07, 6.45) is 12.4. The summed E-state index contributed by atoms with van der Waals surface area (Å²) < 4.78 is 28.4. The molecule has 6 aliphatic carbocycles. The van der Waals surface area contributed by atoms with Gasteiger partial charge in [-0.25, -0.2) is 0 Å². The summed E-state index contributed by atoms with van der Waals surface area (Å²) in [6, 6.07) is 0. The molecular formula is C49H74O10. The van der Waals surface area contributed by atoms with Crippen molar-refractivity contribution in [3.05, 3.63) is 0 Å². The van der Waals surface area contributed by atoms with E-state index in [-0.39, 0.29) is 41.8 Å². The quantitative estimate of drug-likeness (QED) is 0.0683. The molecule has 8 rings (SSSR count). The number of carbonyl (C=O) groups excluding carboxylic acids is 5. The number of fused-ring (bicyclic) bond motifs is 6. The van der Waals surface area contributed by atoms with Gasteiger partial charge >= 0.3 is 29.8 Å². The Hall–Kier alpha value is -2.49. The van der Waals surface area contributed by atoms with E-state index in [0.29, 0.717) is 97.6 Å². The van der Waals surface area contributed by atoms with Crippen LogP contribution in [0.3, 0.4) is 0 Å². The summed E-state index contributed by atoms with van der Waals surface area (Å²) in [5.41, 5.74) is -1.92. The largest absolute Gasteiger partial charge is 0.463 e. The van der Waals surface area contributed by atoms with Crippen LogP contribution in [0.2, 0.25) is 0 Å². The molecule has 8 fully saturated rings. The molecule has 2 saturated heterocycles. The van der Waals surface area contributed by atoms with Gasteiger partial charge in [-0.1, -0.05) is 13.3 Å². The van der Waals surface area contributed by atoms with E-state index in [2.05, 4.69) is 6.92 Å². The lowest BCUT2D eigenvalue weighted by Gasteiger charge is -2.43. The number of rotatable bonds is 15. The third kappa shape index (κ3) is 8.78. The molecule has 59 heavy (non-hydrogen) atoms. The van der Waals surface area contributed by atoms with Crippen molar-refractivity contribution < 1.29 is 47.7 Å². The van der Waals surface area contributed by atoms with Crippen LogP contribution in [-0.4, -0.2) is 60.4 Å². The zero-order valence-electron chi connectivity index (χ0n) is 37.5. The Labute approximate surface area is 353 Å². The Morgan fingerprint density at radius 2 is 1.15 bits per heavy atom. The Morgan fingerprint density at radius 1 is 0.627 bits per heavy atom. The molecule has 0 N–H and O–H groups in total. The average molecular weight is 823 g/mol. The molecule has 17 unspecified atom stereocenters. The summed E-state index contributed by atoms with van der Waals surface area (Å²) in [6.45, 7) is 18.5. The molecule has 10 nitrogen and oxygen atoms in total. The van der Waals surface area contributed by atoms with E-state index in [4.69, 9.17) is 23.7 Å². The van der Waals surface area contributed by atoms with Crippen LogP contribution in [0.25, 0.3) is 0 Å². The number of esters is 5. The fraction of sp³-hybridized carbons (Fsp3) is 0.898. The maximum atomic E-state index is 13.8. The molecule has 330 valence electrons. The Morgan fingerprint density at radius 3 is 1.73 bits per heavy atom. The molecule has 0 aromatic heterocycles. The van der Waals surface area contributed by atoms with Crippen LogP contribution in [0.1, 0.15) is 146 Å². The van der Waals surface area contributed by atoms with Gasteiger partial charge in [0.1, 0.15) is 23.9 Å². The van der Waals surface area contributed by atoms with Crippen molar-refractivity contribution in [1.29, 1.82) is 0 Å². The monoisotopic (exact) mass is 823 g/mol. The lowest BCUT2D eigenvalue weighted by atomic mass is 9.61. The summed E-state index contributed by atoms with van der Waals surface area (Å²) in [4.78, 5) is 67.3. The highest BCUT2D eigenvalue weighted by Crippen LogP contribution is 2.66. The van der Waals surface area contributed by atoms with Crippen LogP contribution in [0.4, 0.5) is 0 Å². The van der Waals surface area contributed by atoms with Gasteiger partial charge in [-0.3, -0.25) is 24.0 Å². The first-order chi connectivity index (χ1) is 27.7. The number of ether oxygens (including phenoxy) is 5. The molecule has 2 aliphatic heterocycles. The lowest BCUT2D eigenvalue weighted by molar-refractivity contribution is -0.166. The Bertz CT molecular complexity index is 1630. The molecule has 6 bridgehead atoms. The maximum absolute atomic E-state index is 13.8. The molecule has 17 atom stereocenters. The predicted octanol–water partition coefficient (Wildman–Crippen LogP) is 8.75. The highest BCUT2D eigenvalue weighted by Gasteiger charge is 2.61. The SMILES string of the molecule is CCC1C2CC(C(=O)OC(C)(C)C)C(C2)C1CC1C2CC(C(=O)OCC3CO3)C(C2)C1CC1C2CCC(C2)C1CC1C(=O)OC(=O)C1CCC(C)(C)C(=O)OC(C)(C)C. The van der Waals surface area contributed by atoms with Gasteiger partial charge < -0.3 is 23.7 Å². The standard InChI is InChI=1S/C49H74O10/c1-10-30-27-16-35(40(18-27)45(53)58-47(2,3)4)37(30)21-34-28-17-36(39(19-28)42(50)56-24-29-23-55-29)38(34)20-32-25-11-12-26(15-25)33(32)22-41-31(43(51)57-44(41)52)13-14-49(8,9)46(54)59-48(5,6)7/h25-41H,10-24H2,1-9H3. The summed E-state index contributed by atoms with van der Waals surface area (Å²) >= 11 is 0. The van der Waals surface area contributed by atoms with Gasteiger partial charge in [-0.2, -0.15) is 0 Å². The first-order valence-electron chi connectivity index (χ1n) is 23.7. The van der Waals surface area contributed by atoms with Crippen molar-refractivity contribution in [1.82, 2.24) is 0 Å². The second kappa shape index (κ2) is 16.0. The van der Waals surface area contributed by atoms with Crippen molar-refractivity contribution in [2.45, 2.75) is 163 Å². The zero-order valence-corrected chi connectivity index (χ0v) is 37.5. The maximum Gasteiger partial charge on any atom is 0.317 e. The molecule has 10 heteroatoms. The van der Waals surface area contributed by atoms with Gasteiger partial charge in [0, 0.05) is 0 Å². The van der Waals surface area contributed by atoms with Crippen LogP contribution in [0.5, 0.6) is 0 Å². The second-order valence-corrected chi connectivity index (χ2v) is 23.4. The van der Waals surface area contributed by atoms with Gasteiger partial charge in [0.2, 0.25) is 0 Å². The van der Waals surface area contributed by atoms with E-state index in [1.807, 2.05) is 55.4 Å². The molecule has 6 saturated carbocycles. The minimum Gasteiger partial charge on any atom is -0.463 e. The van der Waals surface area contributed by atoms with E-state index in [0.717, 1.165) is 51.4 Å². The third-order valence-corrected chi connectivity index (χ3v) is 17.2. The topological polar surface area (TPSA) is 135 Å². The minimum absolute atomic E-state index is 0.0167. The van der Waals surface area contributed by atoms with Gasteiger partial charge in [0.15, 0.2) is 0 Å². The van der Waals surface area contributed by atoms with Crippen molar-refractivity contribution >= 4 is 29.8 Å². The van der Waals surface area contributed by atoms with Crippen molar-refractivity contribution in [2.24, 2.45) is 100 Å². The molecule has 0 aromatic carbocycles. The number of carbonyl (C=O) groups is 5. The van der Waals surface area contributed by atoms with Gasteiger partial charge in [0.25, 0.3) is 0 Å². The van der Waals surface area contributed by atoms with E-state index >= 15 is 0 Å².